The van der Waals surface area contributed by atoms with E-state index in [9.17, 15) is 4.79 Å². The van der Waals surface area contributed by atoms with E-state index in [2.05, 4.69) is 17.2 Å². The summed E-state index contributed by atoms with van der Waals surface area (Å²) in [6.07, 6.45) is -0.181. The molecular formula is C6H8N6O2. The lowest BCUT2D eigenvalue weighted by Crippen LogP contribution is -2.18. The van der Waals surface area contributed by atoms with Gasteiger partial charge in [0.15, 0.2) is 12.1 Å². The maximum absolute atomic E-state index is 9.60. The lowest BCUT2D eigenvalue weighted by molar-refractivity contribution is -0.117. The molecule has 0 heterocycles. The van der Waals surface area contributed by atoms with Gasteiger partial charge in [0.2, 0.25) is 5.91 Å². The molecule has 6 N–H and O–H groups in total. The average Bonchev–Trinajstić information content (AvgIpc) is 2.03. The largest absolute Gasteiger partial charge is 0.369 e. The third kappa shape index (κ3) is 424. The van der Waals surface area contributed by atoms with Crippen molar-refractivity contribution in [1.29, 1.82) is 15.8 Å². The summed E-state index contributed by atoms with van der Waals surface area (Å²) in [6, 6.07) is 3.23. The number of hydrogen-bond acceptors (Lipinski definition) is 5. The summed E-state index contributed by atoms with van der Waals surface area (Å²) in [5.41, 5.74) is 13.0. The molecule has 0 fully saturated rings. The van der Waals surface area contributed by atoms with E-state index in [1.165, 1.54) is 12.1 Å². The highest BCUT2D eigenvalue weighted by atomic mass is 16.2. The smallest absolute Gasteiger partial charge is 0.309 e. The van der Waals surface area contributed by atoms with Gasteiger partial charge in [-0.05, 0) is 0 Å². The van der Waals surface area contributed by atoms with Crippen LogP contribution in [0.4, 0.5) is 4.79 Å². The van der Waals surface area contributed by atoms with Crippen LogP contribution < -0.4 is 17.2 Å². The van der Waals surface area contributed by atoms with Crippen molar-refractivity contribution in [2.45, 2.75) is 6.42 Å². The number of amides is 3. The summed E-state index contributed by atoms with van der Waals surface area (Å²) in [5, 5.41) is 22.2. The van der Waals surface area contributed by atoms with Crippen LogP contribution in [0.15, 0.2) is 0 Å². The number of nitriles is 3. The van der Waals surface area contributed by atoms with Crippen molar-refractivity contribution < 1.29 is 9.59 Å². The molecular weight excluding hydrogens is 188 g/mol. The zero-order valence-corrected chi connectivity index (χ0v) is 7.10. The van der Waals surface area contributed by atoms with Gasteiger partial charge >= 0.3 is 6.03 Å². The number of urea groups is 1. The van der Waals surface area contributed by atoms with Gasteiger partial charge in [0.1, 0.15) is 6.42 Å². The molecule has 0 aliphatic carbocycles. The molecule has 8 nitrogen and oxygen atoms in total. The SMILES string of the molecule is N#CC#N.N#CCC(N)=O.NC(N)=O. The van der Waals surface area contributed by atoms with E-state index in [-0.39, 0.29) is 6.42 Å². The van der Waals surface area contributed by atoms with Gasteiger partial charge < -0.3 is 17.2 Å². The Morgan fingerprint density at radius 2 is 1.29 bits per heavy atom. The van der Waals surface area contributed by atoms with Crippen molar-refractivity contribution >= 4 is 11.9 Å². The quantitative estimate of drug-likeness (QED) is 0.457. The molecule has 74 valence electrons. The summed E-state index contributed by atoms with van der Waals surface area (Å²) < 4.78 is 0. The second kappa shape index (κ2) is 16.7. The fourth-order valence-corrected chi connectivity index (χ4v) is 0.0779. The average molecular weight is 196 g/mol. The Labute approximate surface area is 80.1 Å². The normalized spacial score (nSPS) is 5.21. The Balaban J connectivity index is -0.000000135. The molecule has 0 saturated carbocycles. The predicted octanol–water partition coefficient (Wildman–Crippen LogP) is -1.56. The molecule has 0 atom stereocenters. The fraction of sp³-hybridized carbons (Fsp3) is 0.167. The van der Waals surface area contributed by atoms with Gasteiger partial charge in [0, 0.05) is 0 Å². The zero-order valence-electron chi connectivity index (χ0n) is 7.10. The molecule has 0 aromatic rings. The number of primary amides is 3. The molecule has 0 aliphatic rings. The third-order valence-electron chi connectivity index (χ3n) is 0.303. The Morgan fingerprint density at radius 1 is 1.00 bits per heavy atom. The van der Waals surface area contributed by atoms with Gasteiger partial charge in [-0.25, -0.2) is 4.79 Å². The number of nitrogens with zero attached hydrogens (tertiary/aromatic N) is 3. The minimum Gasteiger partial charge on any atom is -0.369 e. The molecule has 0 aromatic carbocycles. The van der Waals surface area contributed by atoms with Gasteiger partial charge in [0.05, 0.1) is 6.07 Å². The zero-order chi connectivity index (χ0) is 12.0. The molecule has 0 unspecified atom stereocenters. The molecule has 0 bridgehead atoms. The van der Waals surface area contributed by atoms with Crippen LogP contribution >= 0.6 is 0 Å². The van der Waals surface area contributed by atoms with E-state index in [4.69, 9.17) is 20.6 Å². The van der Waals surface area contributed by atoms with Crippen molar-refractivity contribution in [3.63, 3.8) is 0 Å². The van der Waals surface area contributed by atoms with E-state index in [1.54, 1.807) is 6.07 Å². The van der Waals surface area contributed by atoms with Gasteiger partial charge in [-0.1, -0.05) is 0 Å². The first-order valence-electron chi connectivity index (χ1n) is 2.90. The van der Waals surface area contributed by atoms with Crippen LogP contribution in [0.5, 0.6) is 0 Å². The van der Waals surface area contributed by atoms with Crippen molar-refractivity contribution in [1.82, 2.24) is 0 Å². The van der Waals surface area contributed by atoms with Gasteiger partial charge in [-0.3, -0.25) is 4.79 Å². The number of nitrogens with two attached hydrogens (primary N) is 3. The number of carbonyl (C=O) groups excluding carboxylic acids is 2. The number of hydrogen-bond donors (Lipinski definition) is 3. The molecule has 14 heavy (non-hydrogen) atoms. The van der Waals surface area contributed by atoms with E-state index in [1.807, 2.05) is 0 Å². The number of rotatable bonds is 1. The van der Waals surface area contributed by atoms with Crippen molar-refractivity contribution in [2.24, 2.45) is 17.2 Å². The standard InChI is InChI=1S/C3H4N2O.C2N2.CH4N2O/c4-2-1-3(5)6;3-1-2-4;2-1(3)4/h1H2,(H2,5,6);;(H4,2,3,4). The first-order valence-corrected chi connectivity index (χ1v) is 2.90. The molecule has 0 aromatic heterocycles. The minimum atomic E-state index is -0.833. The highest BCUT2D eigenvalue weighted by Crippen LogP contribution is 1.64. The monoisotopic (exact) mass is 196 g/mol. The highest BCUT2D eigenvalue weighted by molar-refractivity contribution is 5.75. The summed E-state index contributed by atoms with van der Waals surface area (Å²) in [7, 11) is 0. The maximum atomic E-state index is 9.60. The molecule has 0 spiro atoms. The highest BCUT2D eigenvalue weighted by Gasteiger charge is 1.84. The summed E-state index contributed by atoms with van der Waals surface area (Å²) in [4.78, 5) is 18.6. The van der Waals surface area contributed by atoms with E-state index < -0.39 is 11.9 Å². The van der Waals surface area contributed by atoms with Crippen LogP contribution in [0, 0.1) is 34.0 Å². The second-order valence-electron chi connectivity index (χ2n) is 1.43. The van der Waals surface area contributed by atoms with Crippen LogP contribution in [0.1, 0.15) is 6.42 Å². The van der Waals surface area contributed by atoms with Crippen molar-refractivity contribution in [3.8, 4) is 18.2 Å². The minimum absolute atomic E-state index is 0.181. The van der Waals surface area contributed by atoms with E-state index in [0.29, 0.717) is 0 Å². The fourth-order valence-electron chi connectivity index (χ4n) is 0.0779. The van der Waals surface area contributed by atoms with Crippen LogP contribution in [0.25, 0.3) is 0 Å². The molecule has 8 heteroatoms. The van der Waals surface area contributed by atoms with E-state index >= 15 is 0 Å². The summed E-state index contributed by atoms with van der Waals surface area (Å²) >= 11 is 0. The predicted molar refractivity (Wildman–Crippen MR) is 44.4 cm³/mol. The van der Waals surface area contributed by atoms with E-state index in [0.717, 1.165) is 0 Å². The van der Waals surface area contributed by atoms with Crippen LogP contribution in [0.2, 0.25) is 0 Å². The molecule has 0 aliphatic heterocycles. The van der Waals surface area contributed by atoms with Crippen LogP contribution in [-0.2, 0) is 4.79 Å². The van der Waals surface area contributed by atoms with Gasteiger partial charge in [0.25, 0.3) is 0 Å². The number of carbonyl (C=O) groups is 2. The molecule has 0 saturated heterocycles. The Morgan fingerprint density at radius 3 is 1.29 bits per heavy atom. The molecule has 0 radical (unpaired) electrons. The first-order chi connectivity index (χ1) is 6.42. The third-order valence-corrected chi connectivity index (χ3v) is 0.303. The second-order valence-corrected chi connectivity index (χ2v) is 1.43. The lowest BCUT2D eigenvalue weighted by atomic mass is 10.5. The van der Waals surface area contributed by atoms with Crippen molar-refractivity contribution in [3.05, 3.63) is 0 Å². The van der Waals surface area contributed by atoms with Crippen LogP contribution in [0.3, 0.4) is 0 Å². The topological polar surface area (TPSA) is 184 Å². The lowest BCUT2D eigenvalue weighted by Gasteiger charge is -1.71. The molecule has 0 rings (SSSR count). The maximum Gasteiger partial charge on any atom is 0.309 e. The van der Waals surface area contributed by atoms with Crippen molar-refractivity contribution in [2.75, 3.05) is 0 Å². The van der Waals surface area contributed by atoms with Crippen LogP contribution in [-0.4, -0.2) is 11.9 Å². The Bertz CT molecular complexity index is 275. The van der Waals surface area contributed by atoms with Gasteiger partial charge in [-0.2, -0.15) is 15.8 Å². The molecule has 3 amide bonds. The Hall–Kier alpha value is -2.79. The van der Waals surface area contributed by atoms with Gasteiger partial charge in [-0.15, -0.1) is 0 Å². The summed E-state index contributed by atoms with van der Waals surface area (Å²) in [5.74, 6) is -0.572. The summed E-state index contributed by atoms with van der Waals surface area (Å²) in [6.45, 7) is 0. The Kier molecular flexibility index (Phi) is 20.6. The first kappa shape index (κ1) is 17.3.